The van der Waals surface area contributed by atoms with Crippen molar-refractivity contribution in [2.45, 2.75) is 52.2 Å². The standard InChI is InChI=1S/C30H34N2O6S/c1-18-23(30(3,4)29(33)34)16-20(28-32(18)19(2)26(39-28)27-31-12-15-37-27)17-25(38-21-10-13-36-14-11-21)22-8-6-7-9-24(22)35-5/h6-9,12,15-16,21,25H,1,10-11,13-14,17H2,2-5H3,(H,33,34)/t25-/m0/s1. The summed E-state index contributed by atoms with van der Waals surface area (Å²) in [5.74, 6) is 0.352. The van der Waals surface area contributed by atoms with E-state index in [9.17, 15) is 9.90 Å². The Morgan fingerprint density at radius 1 is 1.31 bits per heavy atom. The molecular formula is C30H34N2O6S. The molecule has 0 bridgehead atoms. The number of ether oxygens (including phenoxy) is 3. The van der Waals surface area contributed by atoms with Crippen molar-refractivity contribution in [3.63, 3.8) is 0 Å². The van der Waals surface area contributed by atoms with E-state index in [0.29, 0.717) is 36.8 Å². The minimum Gasteiger partial charge on any atom is -0.496 e. The van der Waals surface area contributed by atoms with Gasteiger partial charge < -0.3 is 28.6 Å². The molecule has 8 nitrogen and oxygen atoms in total. The van der Waals surface area contributed by atoms with Crippen molar-refractivity contribution in [1.29, 1.82) is 0 Å². The second-order valence-corrected chi connectivity index (χ2v) is 11.3. The molecule has 0 amide bonds. The first-order valence-corrected chi connectivity index (χ1v) is 13.9. The average Bonchev–Trinajstić information content (AvgIpc) is 3.58. The Kier molecular flexibility index (Phi) is 7.75. The molecule has 0 aliphatic carbocycles. The first kappa shape index (κ1) is 27.3. The number of carbonyl (C=O) groups is 1. The van der Waals surface area contributed by atoms with Gasteiger partial charge in [0.15, 0.2) is 0 Å². The summed E-state index contributed by atoms with van der Waals surface area (Å²) in [6, 6.07) is 7.89. The van der Waals surface area contributed by atoms with Crippen molar-refractivity contribution in [3.05, 3.63) is 88.4 Å². The van der Waals surface area contributed by atoms with Crippen LogP contribution in [0.2, 0.25) is 0 Å². The Morgan fingerprint density at radius 3 is 2.72 bits per heavy atom. The lowest BCUT2D eigenvalue weighted by Crippen LogP contribution is -2.33. The molecule has 1 aromatic carbocycles. The molecular weight excluding hydrogens is 516 g/mol. The van der Waals surface area contributed by atoms with Gasteiger partial charge in [-0.1, -0.05) is 36.5 Å². The number of para-hydroxylation sites is 1. The first-order valence-electron chi connectivity index (χ1n) is 13.0. The molecule has 39 heavy (non-hydrogen) atoms. The summed E-state index contributed by atoms with van der Waals surface area (Å²) in [6.45, 7) is 11.1. The number of nitrogens with zero attached hydrogens (tertiary/aromatic N) is 2. The van der Waals surface area contributed by atoms with Crippen LogP contribution in [0.25, 0.3) is 4.91 Å². The zero-order valence-corrected chi connectivity index (χ0v) is 23.5. The van der Waals surface area contributed by atoms with Gasteiger partial charge in [0.25, 0.3) is 0 Å². The summed E-state index contributed by atoms with van der Waals surface area (Å²) in [5.41, 5.74) is 2.92. The zero-order chi connectivity index (χ0) is 27.7. The molecule has 1 N–H and O–H groups in total. The summed E-state index contributed by atoms with van der Waals surface area (Å²) in [4.78, 5) is 19.7. The van der Waals surface area contributed by atoms with Crippen LogP contribution in [-0.4, -0.2) is 47.4 Å². The normalized spacial score (nSPS) is 19.3. The fourth-order valence-corrected chi connectivity index (χ4v) is 6.42. The fourth-order valence-electron chi connectivity index (χ4n) is 5.19. The molecule has 1 aromatic heterocycles. The highest BCUT2D eigenvalue weighted by molar-refractivity contribution is 8.12. The number of methoxy groups -OCH3 is 1. The molecule has 206 valence electrons. The molecule has 9 heteroatoms. The zero-order valence-electron chi connectivity index (χ0n) is 22.7. The average molecular weight is 551 g/mol. The number of hydrogen-bond donors (Lipinski definition) is 1. The van der Waals surface area contributed by atoms with E-state index in [0.717, 1.165) is 45.4 Å². The molecule has 3 aliphatic heterocycles. The highest BCUT2D eigenvalue weighted by atomic mass is 32.2. The Balaban J connectivity index is 1.61. The lowest BCUT2D eigenvalue weighted by atomic mass is 9.79. The van der Waals surface area contributed by atoms with E-state index in [1.807, 2.05) is 42.2 Å². The third-order valence-electron chi connectivity index (χ3n) is 7.49. The Labute approximate surface area is 233 Å². The van der Waals surface area contributed by atoms with Crippen LogP contribution >= 0.6 is 11.8 Å². The molecule has 0 radical (unpaired) electrons. The molecule has 1 fully saturated rings. The molecule has 3 aliphatic rings. The number of rotatable bonds is 9. The number of benzene rings is 1. The van der Waals surface area contributed by atoms with Crippen LogP contribution in [0.3, 0.4) is 0 Å². The van der Waals surface area contributed by atoms with Crippen LogP contribution in [0.15, 0.2) is 81.4 Å². The number of carboxylic acids is 1. The molecule has 0 saturated carbocycles. The largest absolute Gasteiger partial charge is 0.496 e. The SMILES string of the molecule is C=C1C(C(C)(C)C(=O)O)=CC(C[C@H](OC2CCOCC2)c2ccccc2OC)=C2SC(c3ncco3)=C(C)N12. The molecule has 0 spiro atoms. The number of aliphatic carboxylic acids is 1. The summed E-state index contributed by atoms with van der Waals surface area (Å²) < 4.78 is 23.7. The maximum absolute atomic E-state index is 12.4. The number of hydrogen-bond acceptors (Lipinski definition) is 8. The predicted molar refractivity (Wildman–Crippen MR) is 149 cm³/mol. The smallest absolute Gasteiger partial charge is 0.313 e. The van der Waals surface area contributed by atoms with Crippen molar-refractivity contribution in [2.75, 3.05) is 20.3 Å². The van der Waals surface area contributed by atoms with Gasteiger partial charge in [-0.15, -0.1) is 0 Å². The lowest BCUT2D eigenvalue weighted by Gasteiger charge is -2.37. The van der Waals surface area contributed by atoms with Crippen LogP contribution in [0, 0.1) is 5.41 Å². The molecule has 1 atom stereocenters. The van der Waals surface area contributed by atoms with E-state index in [1.54, 1.807) is 45.2 Å². The van der Waals surface area contributed by atoms with Crippen molar-refractivity contribution in [2.24, 2.45) is 5.41 Å². The number of carboxylic acid groups (broad SMARTS) is 1. The van der Waals surface area contributed by atoms with E-state index >= 15 is 0 Å². The quantitative estimate of drug-likeness (QED) is 0.374. The van der Waals surface area contributed by atoms with Gasteiger partial charge in [0.05, 0.1) is 40.9 Å². The molecule has 2 aromatic rings. The maximum Gasteiger partial charge on any atom is 0.313 e. The molecule has 4 heterocycles. The lowest BCUT2D eigenvalue weighted by molar-refractivity contribution is -0.144. The number of thioether (sulfide) groups is 1. The van der Waals surface area contributed by atoms with Gasteiger partial charge in [0.1, 0.15) is 12.0 Å². The monoisotopic (exact) mass is 550 g/mol. The van der Waals surface area contributed by atoms with Crippen LogP contribution in [0.5, 0.6) is 5.75 Å². The van der Waals surface area contributed by atoms with Crippen molar-refractivity contribution in [1.82, 2.24) is 9.88 Å². The van der Waals surface area contributed by atoms with Gasteiger partial charge in [-0.2, -0.15) is 0 Å². The van der Waals surface area contributed by atoms with E-state index in [2.05, 4.69) is 11.6 Å². The minimum absolute atomic E-state index is 0.0480. The topological polar surface area (TPSA) is 94.3 Å². The summed E-state index contributed by atoms with van der Waals surface area (Å²) in [6.07, 6.45) is 7.02. The highest BCUT2D eigenvalue weighted by Gasteiger charge is 2.43. The van der Waals surface area contributed by atoms with Gasteiger partial charge in [-0.25, -0.2) is 4.98 Å². The van der Waals surface area contributed by atoms with Crippen molar-refractivity contribution < 1.29 is 28.5 Å². The first-order chi connectivity index (χ1) is 18.7. The van der Waals surface area contributed by atoms with Crippen LogP contribution in [0.1, 0.15) is 57.6 Å². The number of fused-ring (bicyclic) bond motifs is 1. The minimum atomic E-state index is -1.16. The van der Waals surface area contributed by atoms with E-state index < -0.39 is 11.4 Å². The molecule has 5 rings (SSSR count). The Bertz CT molecular complexity index is 1350. The van der Waals surface area contributed by atoms with Crippen molar-refractivity contribution in [3.8, 4) is 5.75 Å². The summed E-state index contributed by atoms with van der Waals surface area (Å²) in [7, 11) is 1.66. The van der Waals surface area contributed by atoms with Crippen molar-refractivity contribution >= 4 is 22.6 Å². The maximum atomic E-state index is 12.4. The summed E-state index contributed by atoms with van der Waals surface area (Å²) >= 11 is 1.56. The highest BCUT2D eigenvalue weighted by Crippen LogP contribution is 2.55. The molecule has 1 saturated heterocycles. The van der Waals surface area contributed by atoms with E-state index in [1.165, 1.54) is 0 Å². The van der Waals surface area contributed by atoms with Gasteiger partial charge in [-0.05, 0) is 56.9 Å². The molecule has 0 unspecified atom stereocenters. The van der Waals surface area contributed by atoms with Crippen LogP contribution in [-0.2, 0) is 14.3 Å². The fraction of sp³-hybridized carbons (Fsp3) is 0.400. The third kappa shape index (κ3) is 5.18. The number of aromatic nitrogens is 1. The predicted octanol–water partition coefficient (Wildman–Crippen LogP) is 6.52. The summed E-state index contributed by atoms with van der Waals surface area (Å²) in [5, 5.41) is 11.1. The second kappa shape index (κ2) is 11.1. The number of oxazole rings is 1. The van der Waals surface area contributed by atoms with E-state index in [-0.39, 0.29) is 12.2 Å². The van der Waals surface area contributed by atoms with Gasteiger partial charge >= 0.3 is 5.97 Å². The Hall–Kier alpha value is -3.27. The second-order valence-electron chi connectivity index (χ2n) is 10.3. The van der Waals surface area contributed by atoms with Gasteiger partial charge in [0, 0.05) is 36.6 Å². The van der Waals surface area contributed by atoms with Crippen LogP contribution < -0.4 is 4.74 Å². The van der Waals surface area contributed by atoms with Gasteiger partial charge in [0.2, 0.25) is 5.89 Å². The number of allylic oxidation sites excluding steroid dienone is 3. The Morgan fingerprint density at radius 2 is 2.05 bits per heavy atom. The van der Waals surface area contributed by atoms with E-state index in [4.69, 9.17) is 18.6 Å². The van der Waals surface area contributed by atoms with Crippen LogP contribution in [0.4, 0.5) is 0 Å². The van der Waals surface area contributed by atoms with Gasteiger partial charge in [-0.3, -0.25) is 4.79 Å². The third-order valence-corrected chi connectivity index (χ3v) is 8.80.